The molecule has 1 saturated heterocycles. The Bertz CT molecular complexity index is 1200. The van der Waals surface area contributed by atoms with Gasteiger partial charge in [-0.1, -0.05) is 36.4 Å². The summed E-state index contributed by atoms with van der Waals surface area (Å²) in [7, 11) is 0. The molecule has 0 N–H and O–H groups in total. The first-order valence-corrected chi connectivity index (χ1v) is 11.0. The first-order valence-electron chi connectivity index (χ1n) is 11.0. The van der Waals surface area contributed by atoms with E-state index in [1.54, 1.807) is 18.3 Å². The standard InChI is InChI=1S/C25H25N5O2/c1-18(19-7-3-2-4-8-19)32-23-11-10-21(17-26-23)25(31)29-15-12-20(13-16-29)24-28-27-22-9-5-6-14-30(22)24/h2-11,14,17-18,20H,12-13,15-16H2,1H3/t18-/m0/s1. The summed E-state index contributed by atoms with van der Waals surface area (Å²) >= 11 is 0. The highest BCUT2D eigenvalue weighted by molar-refractivity contribution is 5.94. The lowest BCUT2D eigenvalue weighted by molar-refractivity contribution is 0.0710. The molecule has 7 heteroatoms. The first kappa shape index (κ1) is 20.2. The number of nitrogens with zero attached hydrogens (tertiary/aromatic N) is 5. The van der Waals surface area contributed by atoms with E-state index in [0.717, 1.165) is 29.9 Å². The molecular weight excluding hydrogens is 402 g/mol. The number of ether oxygens (including phenoxy) is 1. The third-order valence-electron chi connectivity index (χ3n) is 6.04. The lowest BCUT2D eigenvalue weighted by Crippen LogP contribution is -2.38. The number of fused-ring (bicyclic) bond motifs is 1. The molecule has 32 heavy (non-hydrogen) atoms. The van der Waals surface area contributed by atoms with Crippen molar-refractivity contribution < 1.29 is 9.53 Å². The van der Waals surface area contributed by atoms with Crippen LogP contribution in [0.2, 0.25) is 0 Å². The van der Waals surface area contributed by atoms with E-state index in [2.05, 4.69) is 15.2 Å². The van der Waals surface area contributed by atoms with E-state index in [1.807, 2.05) is 71.0 Å². The number of rotatable bonds is 5. The molecular formula is C25H25N5O2. The normalized spacial score (nSPS) is 15.6. The van der Waals surface area contributed by atoms with Crippen molar-refractivity contribution in [3.8, 4) is 5.88 Å². The molecule has 1 aliphatic rings. The molecule has 4 aromatic rings. The van der Waals surface area contributed by atoms with Crippen molar-refractivity contribution in [1.82, 2.24) is 24.5 Å². The van der Waals surface area contributed by atoms with Crippen molar-refractivity contribution in [2.45, 2.75) is 31.8 Å². The van der Waals surface area contributed by atoms with Gasteiger partial charge >= 0.3 is 0 Å². The fourth-order valence-corrected chi connectivity index (χ4v) is 4.21. The van der Waals surface area contributed by atoms with Crippen LogP contribution in [0.4, 0.5) is 0 Å². The van der Waals surface area contributed by atoms with E-state index < -0.39 is 0 Å². The second kappa shape index (κ2) is 8.78. The molecule has 3 aromatic heterocycles. The van der Waals surface area contributed by atoms with Crippen LogP contribution < -0.4 is 4.74 Å². The summed E-state index contributed by atoms with van der Waals surface area (Å²) in [5.41, 5.74) is 2.52. The predicted molar refractivity (Wildman–Crippen MR) is 121 cm³/mol. The Hall–Kier alpha value is -3.74. The third kappa shape index (κ3) is 4.06. The highest BCUT2D eigenvalue weighted by Gasteiger charge is 2.27. The Kier molecular flexibility index (Phi) is 5.54. The number of piperidine rings is 1. The molecule has 0 unspecified atom stereocenters. The van der Waals surface area contributed by atoms with Gasteiger partial charge in [0, 0.05) is 37.5 Å². The van der Waals surface area contributed by atoms with Crippen LogP contribution in [0.5, 0.6) is 5.88 Å². The Morgan fingerprint density at radius 2 is 1.78 bits per heavy atom. The maximum atomic E-state index is 13.0. The maximum absolute atomic E-state index is 13.0. The van der Waals surface area contributed by atoms with Gasteiger partial charge in [-0.25, -0.2) is 4.98 Å². The Morgan fingerprint density at radius 1 is 1.00 bits per heavy atom. The minimum Gasteiger partial charge on any atom is -0.470 e. The Morgan fingerprint density at radius 3 is 2.53 bits per heavy atom. The molecule has 1 aliphatic heterocycles. The van der Waals surface area contributed by atoms with Gasteiger partial charge in [0.25, 0.3) is 5.91 Å². The molecule has 1 amide bonds. The quantitative estimate of drug-likeness (QED) is 0.475. The van der Waals surface area contributed by atoms with Crippen LogP contribution >= 0.6 is 0 Å². The lowest BCUT2D eigenvalue weighted by atomic mass is 9.95. The van der Waals surface area contributed by atoms with Gasteiger partial charge in [-0.3, -0.25) is 9.20 Å². The average molecular weight is 428 g/mol. The zero-order valence-electron chi connectivity index (χ0n) is 18.0. The summed E-state index contributed by atoms with van der Waals surface area (Å²) in [6.07, 6.45) is 5.22. The largest absolute Gasteiger partial charge is 0.470 e. The molecule has 0 bridgehead atoms. The highest BCUT2D eigenvalue weighted by Crippen LogP contribution is 2.28. The number of amides is 1. The zero-order chi connectivity index (χ0) is 21.9. The molecule has 7 nitrogen and oxygen atoms in total. The number of carbonyl (C=O) groups is 1. The Balaban J connectivity index is 1.20. The van der Waals surface area contributed by atoms with Gasteiger partial charge in [0.1, 0.15) is 11.9 Å². The van der Waals surface area contributed by atoms with Crippen molar-refractivity contribution >= 4 is 11.6 Å². The van der Waals surface area contributed by atoms with Gasteiger partial charge in [-0.2, -0.15) is 0 Å². The summed E-state index contributed by atoms with van der Waals surface area (Å²) in [6, 6.07) is 19.5. The minimum atomic E-state index is -0.113. The fraction of sp³-hybridized carbons (Fsp3) is 0.280. The monoisotopic (exact) mass is 427 g/mol. The molecule has 0 radical (unpaired) electrons. The summed E-state index contributed by atoms with van der Waals surface area (Å²) in [6.45, 7) is 3.36. The summed E-state index contributed by atoms with van der Waals surface area (Å²) < 4.78 is 7.96. The topological polar surface area (TPSA) is 72.6 Å². The van der Waals surface area contributed by atoms with Crippen molar-refractivity contribution in [1.29, 1.82) is 0 Å². The number of hydrogen-bond donors (Lipinski definition) is 0. The van der Waals surface area contributed by atoms with Crippen molar-refractivity contribution in [3.05, 3.63) is 90.0 Å². The van der Waals surface area contributed by atoms with Gasteiger partial charge < -0.3 is 9.64 Å². The molecule has 5 rings (SSSR count). The van der Waals surface area contributed by atoms with Gasteiger partial charge in [0.05, 0.1) is 5.56 Å². The van der Waals surface area contributed by atoms with Crippen LogP contribution in [-0.2, 0) is 0 Å². The van der Waals surface area contributed by atoms with Gasteiger partial charge in [0.2, 0.25) is 5.88 Å². The maximum Gasteiger partial charge on any atom is 0.255 e. The van der Waals surface area contributed by atoms with Crippen LogP contribution in [-0.4, -0.2) is 43.5 Å². The van der Waals surface area contributed by atoms with Crippen molar-refractivity contribution in [2.75, 3.05) is 13.1 Å². The SMILES string of the molecule is C[C@H](Oc1ccc(C(=O)N2CCC(c3nnc4ccccn34)CC2)cn1)c1ccccc1. The summed E-state index contributed by atoms with van der Waals surface area (Å²) in [4.78, 5) is 19.2. The summed E-state index contributed by atoms with van der Waals surface area (Å²) in [5, 5.41) is 8.64. The molecule has 0 spiro atoms. The molecule has 162 valence electrons. The number of likely N-dealkylation sites (tertiary alicyclic amines) is 1. The van der Waals surface area contributed by atoms with E-state index in [4.69, 9.17) is 4.74 Å². The second-order valence-electron chi connectivity index (χ2n) is 8.11. The van der Waals surface area contributed by atoms with Gasteiger partial charge in [-0.05, 0) is 43.5 Å². The van der Waals surface area contributed by atoms with Crippen LogP contribution in [0.3, 0.4) is 0 Å². The number of aromatic nitrogens is 4. The Labute approximate surface area is 186 Å². The van der Waals surface area contributed by atoms with Gasteiger partial charge in [-0.15, -0.1) is 10.2 Å². The van der Waals surface area contributed by atoms with Crippen LogP contribution in [0, 0.1) is 0 Å². The summed E-state index contributed by atoms with van der Waals surface area (Å²) in [5.74, 6) is 1.79. The predicted octanol–water partition coefficient (Wildman–Crippen LogP) is 4.28. The van der Waals surface area contributed by atoms with E-state index in [0.29, 0.717) is 30.5 Å². The fourth-order valence-electron chi connectivity index (χ4n) is 4.21. The molecule has 4 heterocycles. The molecule has 1 fully saturated rings. The minimum absolute atomic E-state index is 0.00436. The molecule has 1 aromatic carbocycles. The number of benzene rings is 1. The van der Waals surface area contributed by atoms with Crippen molar-refractivity contribution in [2.24, 2.45) is 0 Å². The smallest absolute Gasteiger partial charge is 0.255 e. The lowest BCUT2D eigenvalue weighted by Gasteiger charge is -2.31. The number of hydrogen-bond acceptors (Lipinski definition) is 5. The van der Waals surface area contributed by atoms with Crippen molar-refractivity contribution in [3.63, 3.8) is 0 Å². The average Bonchev–Trinajstić information content (AvgIpc) is 3.29. The first-order chi connectivity index (χ1) is 15.7. The molecule has 1 atom stereocenters. The second-order valence-corrected chi connectivity index (χ2v) is 8.11. The van der Waals surface area contributed by atoms with E-state index in [9.17, 15) is 4.79 Å². The van der Waals surface area contributed by atoms with Gasteiger partial charge in [0.15, 0.2) is 5.65 Å². The van der Waals surface area contributed by atoms with E-state index >= 15 is 0 Å². The molecule has 0 saturated carbocycles. The highest BCUT2D eigenvalue weighted by atomic mass is 16.5. The van der Waals surface area contributed by atoms with E-state index in [-0.39, 0.29) is 12.0 Å². The van der Waals surface area contributed by atoms with Crippen LogP contribution in [0.15, 0.2) is 73.1 Å². The number of pyridine rings is 2. The molecule has 0 aliphatic carbocycles. The number of carbonyl (C=O) groups excluding carboxylic acids is 1. The zero-order valence-corrected chi connectivity index (χ0v) is 18.0. The van der Waals surface area contributed by atoms with Crippen LogP contribution in [0.1, 0.15) is 53.5 Å². The van der Waals surface area contributed by atoms with Crippen LogP contribution in [0.25, 0.3) is 5.65 Å². The van der Waals surface area contributed by atoms with E-state index in [1.165, 1.54) is 0 Å². The third-order valence-corrected chi connectivity index (χ3v) is 6.04.